The van der Waals surface area contributed by atoms with Gasteiger partial charge in [-0.05, 0) is 23.7 Å². The van der Waals surface area contributed by atoms with Gasteiger partial charge in [0.05, 0.1) is 6.54 Å². The Morgan fingerprint density at radius 1 is 1.00 bits per heavy atom. The summed E-state index contributed by atoms with van der Waals surface area (Å²) in [7, 11) is 0. The van der Waals surface area contributed by atoms with Crippen LogP contribution in [0.15, 0.2) is 77.7 Å². The highest BCUT2D eigenvalue weighted by Crippen LogP contribution is 2.11. The molecule has 3 rings (SSSR count). The zero-order chi connectivity index (χ0) is 19.8. The number of carbonyl (C=O) groups is 1. The van der Waals surface area contributed by atoms with Crippen LogP contribution in [0.2, 0.25) is 0 Å². The second-order valence-corrected chi connectivity index (χ2v) is 6.50. The van der Waals surface area contributed by atoms with Gasteiger partial charge in [0.25, 0.3) is 5.56 Å². The van der Waals surface area contributed by atoms with Crippen LogP contribution in [0.3, 0.4) is 0 Å². The van der Waals surface area contributed by atoms with Crippen molar-refractivity contribution in [3.05, 3.63) is 100.0 Å². The fraction of sp³-hybridized carbons (Fsp3) is 0.217. The van der Waals surface area contributed by atoms with Gasteiger partial charge in [-0.2, -0.15) is 0 Å². The number of aromatic nitrogens is 1. The minimum absolute atomic E-state index is 0.00432. The first-order chi connectivity index (χ1) is 13.7. The van der Waals surface area contributed by atoms with Crippen LogP contribution < -0.4 is 15.6 Å². The minimum Gasteiger partial charge on any atom is -0.489 e. The molecule has 2 aromatic carbocycles. The van der Waals surface area contributed by atoms with E-state index in [0.717, 1.165) is 24.2 Å². The molecule has 0 amide bonds. The maximum absolute atomic E-state index is 12.5. The summed E-state index contributed by atoms with van der Waals surface area (Å²) in [5.41, 5.74) is 2.48. The molecule has 0 atom stereocenters. The summed E-state index contributed by atoms with van der Waals surface area (Å²) in [6.07, 6.45) is 1.60. The standard InChI is InChI=1S/C23H24N2O3/c1-2-24-15-18-8-10-20(11-9-18)22(26)16-25-13-12-21(14-23(25)27)28-17-19-6-4-3-5-7-19/h3-14,24H,2,15-17H2,1H3. The topological polar surface area (TPSA) is 60.3 Å². The van der Waals surface area contributed by atoms with Gasteiger partial charge in [0, 0.05) is 24.4 Å². The van der Waals surface area contributed by atoms with Crippen molar-refractivity contribution in [2.24, 2.45) is 0 Å². The Bertz CT molecular complexity index is 963. The summed E-state index contributed by atoms with van der Waals surface area (Å²) < 4.78 is 7.05. The van der Waals surface area contributed by atoms with E-state index in [2.05, 4.69) is 5.32 Å². The molecular formula is C23H24N2O3. The van der Waals surface area contributed by atoms with Crippen molar-refractivity contribution in [1.82, 2.24) is 9.88 Å². The molecule has 0 saturated carbocycles. The molecular weight excluding hydrogens is 352 g/mol. The molecule has 5 heteroatoms. The lowest BCUT2D eigenvalue weighted by molar-refractivity contribution is 0.0970. The third-order valence-corrected chi connectivity index (χ3v) is 4.38. The van der Waals surface area contributed by atoms with E-state index in [1.807, 2.05) is 49.4 Å². The van der Waals surface area contributed by atoms with Gasteiger partial charge in [-0.15, -0.1) is 0 Å². The Morgan fingerprint density at radius 3 is 2.43 bits per heavy atom. The lowest BCUT2D eigenvalue weighted by Gasteiger charge is -2.09. The number of pyridine rings is 1. The normalized spacial score (nSPS) is 10.6. The second kappa shape index (κ2) is 9.67. The average Bonchev–Trinajstić information content (AvgIpc) is 2.73. The quantitative estimate of drug-likeness (QED) is 0.582. The van der Waals surface area contributed by atoms with Gasteiger partial charge >= 0.3 is 0 Å². The first-order valence-electron chi connectivity index (χ1n) is 9.36. The lowest BCUT2D eigenvalue weighted by atomic mass is 10.1. The molecule has 0 aliphatic carbocycles. The molecule has 1 aromatic heterocycles. The number of ketones is 1. The predicted octanol–water partition coefficient (Wildman–Crippen LogP) is 3.42. The zero-order valence-corrected chi connectivity index (χ0v) is 15.9. The Balaban J connectivity index is 1.60. The highest BCUT2D eigenvalue weighted by atomic mass is 16.5. The molecule has 0 radical (unpaired) electrons. The monoisotopic (exact) mass is 376 g/mol. The van der Waals surface area contributed by atoms with Crippen molar-refractivity contribution in [1.29, 1.82) is 0 Å². The molecule has 144 valence electrons. The molecule has 0 spiro atoms. The van der Waals surface area contributed by atoms with Crippen LogP contribution in [-0.2, 0) is 19.7 Å². The van der Waals surface area contributed by atoms with E-state index in [1.165, 1.54) is 10.6 Å². The fourth-order valence-electron chi connectivity index (χ4n) is 2.77. The Hall–Kier alpha value is -3.18. The van der Waals surface area contributed by atoms with Crippen LogP contribution in [0, 0.1) is 0 Å². The highest BCUT2D eigenvalue weighted by molar-refractivity contribution is 5.95. The summed E-state index contributed by atoms with van der Waals surface area (Å²) in [6.45, 7) is 4.12. The van der Waals surface area contributed by atoms with Gasteiger partial charge in [-0.3, -0.25) is 9.59 Å². The molecule has 28 heavy (non-hydrogen) atoms. The molecule has 1 heterocycles. The molecule has 0 fully saturated rings. The number of ether oxygens (including phenoxy) is 1. The number of Topliss-reactive ketones (excluding diaryl/α,β-unsaturated/α-hetero) is 1. The van der Waals surface area contributed by atoms with Crippen molar-refractivity contribution >= 4 is 5.78 Å². The van der Waals surface area contributed by atoms with E-state index in [1.54, 1.807) is 24.4 Å². The van der Waals surface area contributed by atoms with Crippen LogP contribution >= 0.6 is 0 Å². The number of nitrogens with zero attached hydrogens (tertiary/aromatic N) is 1. The van der Waals surface area contributed by atoms with E-state index in [0.29, 0.717) is 17.9 Å². The van der Waals surface area contributed by atoms with Crippen LogP contribution in [0.4, 0.5) is 0 Å². The maximum atomic E-state index is 12.5. The molecule has 0 aliphatic heterocycles. The SMILES string of the molecule is CCNCc1ccc(C(=O)Cn2ccc(OCc3ccccc3)cc2=O)cc1. The summed E-state index contributed by atoms with van der Waals surface area (Å²) in [6, 6.07) is 20.3. The molecule has 0 bridgehead atoms. The fourth-order valence-corrected chi connectivity index (χ4v) is 2.77. The number of carbonyl (C=O) groups excluding carboxylic acids is 1. The molecule has 0 unspecified atom stereocenters. The van der Waals surface area contributed by atoms with E-state index >= 15 is 0 Å². The largest absolute Gasteiger partial charge is 0.489 e. The number of hydrogen-bond donors (Lipinski definition) is 1. The zero-order valence-electron chi connectivity index (χ0n) is 15.9. The minimum atomic E-state index is -0.261. The number of hydrogen-bond acceptors (Lipinski definition) is 4. The molecule has 0 aliphatic rings. The van der Waals surface area contributed by atoms with Crippen LogP contribution in [0.1, 0.15) is 28.4 Å². The van der Waals surface area contributed by atoms with E-state index in [9.17, 15) is 9.59 Å². The van der Waals surface area contributed by atoms with Gasteiger partial charge in [-0.1, -0.05) is 61.5 Å². The van der Waals surface area contributed by atoms with Crippen LogP contribution in [0.5, 0.6) is 5.75 Å². The van der Waals surface area contributed by atoms with Gasteiger partial charge in [0.15, 0.2) is 5.78 Å². The maximum Gasteiger partial charge on any atom is 0.254 e. The lowest BCUT2D eigenvalue weighted by Crippen LogP contribution is -2.23. The second-order valence-electron chi connectivity index (χ2n) is 6.50. The molecule has 3 aromatic rings. The predicted molar refractivity (Wildman–Crippen MR) is 110 cm³/mol. The van der Waals surface area contributed by atoms with Crippen molar-refractivity contribution in [2.75, 3.05) is 6.54 Å². The Labute approximate surface area is 164 Å². The first kappa shape index (κ1) is 19.6. The van der Waals surface area contributed by atoms with Gasteiger partial charge < -0.3 is 14.6 Å². The third-order valence-electron chi connectivity index (χ3n) is 4.38. The van der Waals surface area contributed by atoms with Crippen molar-refractivity contribution in [2.45, 2.75) is 26.6 Å². The number of rotatable bonds is 9. The van der Waals surface area contributed by atoms with E-state index < -0.39 is 0 Å². The van der Waals surface area contributed by atoms with Crippen molar-refractivity contribution < 1.29 is 9.53 Å². The number of benzene rings is 2. The van der Waals surface area contributed by atoms with Gasteiger partial charge in [0.1, 0.15) is 12.4 Å². The van der Waals surface area contributed by atoms with Gasteiger partial charge in [-0.25, -0.2) is 0 Å². The Morgan fingerprint density at radius 2 is 1.75 bits per heavy atom. The molecule has 1 N–H and O–H groups in total. The number of nitrogens with one attached hydrogen (secondary N) is 1. The summed E-state index contributed by atoms with van der Waals surface area (Å²) in [5, 5.41) is 3.24. The van der Waals surface area contributed by atoms with Gasteiger partial charge in [0.2, 0.25) is 0 Å². The third kappa shape index (κ3) is 5.41. The summed E-state index contributed by atoms with van der Waals surface area (Å²) in [4.78, 5) is 24.8. The highest BCUT2D eigenvalue weighted by Gasteiger charge is 2.09. The van der Waals surface area contributed by atoms with Crippen LogP contribution in [0.25, 0.3) is 0 Å². The smallest absolute Gasteiger partial charge is 0.254 e. The summed E-state index contributed by atoms with van der Waals surface area (Å²) >= 11 is 0. The average molecular weight is 376 g/mol. The van der Waals surface area contributed by atoms with E-state index in [4.69, 9.17) is 4.74 Å². The molecule has 0 saturated heterocycles. The van der Waals surface area contributed by atoms with Crippen molar-refractivity contribution in [3.63, 3.8) is 0 Å². The van der Waals surface area contributed by atoms with Crippen LogP contribution in [-0.4, -0.2) is 16.9 Å². The first-order valence-corrected chi connectivity index (χ1v) is 9.36. The molecule has 5 nitrogen and oxygen atoms in total. The Kier molecular flexibility index (Phi) is 6.76. The van der Waals surface area contributed by atoms with E-state index in [-0.39, 0.29) is 17.9 Å². The summed E-state index contributed by atoms with van der Waals surface area (Å²) in [5.74, 6) is 0.389. The van der Waals surface area contributed by atoms with Crippen molar-refractivity contribution in [3.8, 4) is 5.75 Å².